The lowest BCUT2D eigenvalue weighted by molar-refractivity contribution is -0.202. The third kappa shape index (κ3) is 4.06. The molecule has 0 radical (unpaired) electrons. The van der Waals surface area contributed by atoms with Crippen molar-refractivity contribution < 1.29 is 9.78 Å². The van der Waals surface area contributed by atoms with Crippen LogP contribution in [0, 0.1) is 0 Å². The van der Waals surface area contributed by atoms with E-state index in [-0.39, 0.29) is 0 Å². The molecule has 0 aromatic heterocycles. The monoisotopic (exact) mass is 312 g/mol. The van der Waals surface area contributed by atoms with Gasteiger partial charge in [0, 0.05) is 17.4 Å². The summed E-state index contributed by atoms with van der Waals surface area (Å²) in [5.74, 6) is 0.960. The molecule has 0 atom stereocenters. The standard InChI is InChI=1S/C21H28O2/c1-2-3-4-5-6-7-8-12-20-18-14-15-22-23-21(20)19-13-10-9-11-17(19)16-18/h9-11,13,16H,2-8,12,14-15H2,1H3. The largest absolute Gasteiger partial charge is 0.337 e. The van der Waals surface area contributed by atoms with E-state index in [2.05, 4.69) is 37.3 Å². The fourth-order valence-electron chi connectivity index (χ4n) is 3.52. The van der Waals surface area contributed by atoms with E-state index in [0.29, 0.717) is 6.61 Å². The Kier molecular flexibility index (Phi) is 5.93. The summed E-state index contributed by atoms with van der Waals surface area (Å²) in [7, 11) is 0. The van der Waals surface area contributed by atoms with Gasteiger partial charge in [0.1, 0.15) is 0 Å². The smallest absolute Gasteiger partial charge is 0.176 e. The SMILES string of the molecule is CCCCCCCCCc1c2cc3ccccc3c1OOCC2. The van der Waals surface area contributed by atoms with Gasteiger partial charge in [-0.25, -0.2) is 0 Å². The van der Waals surface area contributed by atoms with Crippen LogP contribution < -0.4 is 4.89 Å². The summed E-state index contributed by atoms with van der Waals surface area (Å²) in [6, 6.07) is 10.8. The van der Waals surface area contributed by atoms with Crippen LogP contribution >= 0.6 is 0 Å². The van der Waals surface area contributed by atoms with Crippen molar-refractivity contribution in [3.63, 3.8) is 0 Å². The first kappa shape index (κ1) is 16.3. The molecule has 3 rings (SSSR count). The lowest BCUT2D eigenvalue weighted by atomic mass is 9.94. The van der Waals surface area contributed by atoms with Gasteiger partial charge < -0.3 is 4.89 Å². The van der Waals surface area contributed by atoms with E-state index in [1.54, 1.807) is 0 Å². The second-order valence-electron chi connectivity index (χ2n) is 6.59. The third-order valence-electron chi connectivity index (χ3n) is 4.82. The van der Waals surface area contributed by atoms with Crippen LogP contribution in [0.5, 0.6) is 5.75 Å². The Morgan fingerprint density at radius 1 is 0.957 bits per heavy atom. The van der Waals surface area contributed by atoms with E-state index < -0.39 is 0 Å². The highest BCUT2D eigenvalue weighted by atomic mass is 17.2. The van der Waals surface area contributed by atoms with Crippen LogP contribution in [0.25, 0.3) is 10.8 Å². The van der Waals surface area contributed by atoms with Gasteiger partial charge in [-0.05, 0) is 23.8 Å². The van der Waals surface area contributed by atoms with Gasteiger partial charge in [-0.3, -0.25) is 0 Å². The molecule has 0 saturated carbocycles. The Morgan fingerprint density at radius 2 is 1.74 bits per heavy atom. The van der Waals surface area contributed by atoms with Crippen molar-refractivity contribution in [1.29, 1.82) is 0 Å². The number of fused-ring (bicyclic) bond motifs is 4. The van der Waals surface area contributed by atoms with Crippen molar-refractivity contribution in [1.82, 2.24) is 0 Å². The molecule has 0 N–H and O–H groups in total. The topological polar surface area (TPSA) is 18.5 Å². The van der Waals surface area contributed by atoms with Crippen LogP contribution in [0.1, 0.15) is 63.0 Å². The molecule has 0 fully saturated rings. The van der Waals surface area contributed by atoms with Crippen LogP contribution in [0.15, 0.2) is 30.3 Å². The van der Waals surface area contributed by atoms with Crippen LogP contribution in [0.2, 0.25) is 0 Å². The molecule has 2 aromatic rings. The summed E-state index contributed by atoms with van der Waals surface area (Å²) in [5, 5.41) is 2.43. The lowest BCUT2D eigenvalue weighted by Gasteiger charge is -2.13. The second kappa shape index (κ2) is 8.35. The second-order valence-corrected chi connectivity index (χ2v) is 6.59. The van der Waals surface area contributed by atoms with E-state index in [9.17, 15) is 0 Å². The third-order valence-corrected chi connectivity index (χ3v) is 4.82. The summed E-state index contributed by atoms with van der Waals surface area (Å²) in [6.45, 7) is 2.91. The van der Waals surface area contributed by atoms with Crippen molar-refractivity contribution in [2.24, 2.45) is 0 Å². The normalized spacial score (nSPS) is 13.8. The molecular weight excluding hydrogens is 284 g/mol. The molecule has 2 bridgehead atoms. The Morgan fingerprint density at radius 3 is 2.61 bits per heavy atom. The Bertz CT molecular complexity index is 633. The highest BCUT2D eigenvalue weighted by Crippen LogP contribution is 2.36. The van der Waals surface area contributed by atoms with Gasteiger partial charge in [0.2, 0.25) is 0 Å². The van der Waals surface area contributed by atoms with Gasteiger partial charge >= 0.3 is 0 Å². The Labute approximate surface area is 139 Å². The molecule has 124 valence electrons. The molecule has 0 spiro atoms. The molecule has 2 heteroatoms. The molecule has 0 aliphatic carbocycles. The number of hydrogen-bond donors (Lipinski definition) is 0. The maximum Gasteiger partial charge on any atom is 0.176 e. The fourth-order valence-corrected chi connectivity index (χ4v) is 3.52. The number of unbranched alkanes of at least 4 members (excludes halogenated alkanes) is 6. The van der Waals surface area contributed by atoms with Crippen molar-refractivity contribution in [2.45, 2.75) is 64.7 Å². The molecule has 0 saturated heterocycles. The Balaban J connectivity index is 1.68. The summed E-state index contributed by atoms with van der Waals surface area (Å²) < 4.78 is 0. The van der Waals surface area contributed by atoms with E-state index in [0.717, 1.165) is 18.6 Å². The zero-order valence-corrected chi connectivity index (χ0v) is 14.3. The van der Waals surface area contributed by atoms with E-state index >= 15 is 0 Å². The zero-order valence-electron chi connectivity index (χ0n) is 14.3. The van der Waals surface area contributed by atoms with Gasteiger partial charge in [-0.2, -0.15) is 4.89 Å². The maximum absolute atomic E-state index is 5.66. The minimum atomic E-state index is 0.643. The van der Waals surface area contributed by atoms with Gasteiger partial charge in [-0.15, -0.1) is 0 Å². The molecular formula is C21H28O2. The van der Waals surface area contributed by atoms with Gasteiger partial charge in [0.15, 0.2) is 5.75 Å². The van der Waals surface area contributed by atoms with Crippen molar-refractivity contribution in [3.05, 3.63) is 41.5 Å². The predicted molar refractivity (Wildman–Crippen MR) is 95.9 cm³/mol. The summed E-state index contributed by atoms with van der Waals surface area (Å²) in [5.41, 5.74) is 2.77. The fraction of sp³-hybridized carbons (Fsp3) is 0.524. The average molecular weight is 312 g/mol. The Hall–Kier alpha value is -1.54. The number of hydrogen-bond acceptors (Lipinski definition) is 2. The van der Waals surface area contributed by atoms with Crippen LogP contribution in [-0.2, 0) is 17.7 Å². The molecule has 2 aromatic carbocycles. The number of rotatable bonds is 8. The summed E-state index contributed by atoms with van der Waals surface area (Å²) >= 11 is 0. The van der Waals surface area contributed by atoms with E-state index in [4.69, 9.17) is 9.78 Å². The first-order valence-corrected chi connectivity index (χ1v) is 9.23. The first-order valence-electron chi connectivity index (χ1n) is 9.23. The highest BCUT2D eigenvalue weighted by molar-refractivity contribution is 5.90. The van der Waals surface area contributed by atoms with E-state index in [1.165, 1.54) is 66.8 Å². The molecule has 1 aliphatic rings. The summed E-state index contributed by atoms with van der Waals surface area (Å²) in [4.78, 5) is 11.0. The van der Waals surface area contributed by atoms with Crippen molar-refractivity contribution in [3.8, 4) is 5.75 Å². The molecule has 0 unspecified atom stereocenters. The molecule has 0 amide bonds. The molecule has 23 heavy (non-hydrogen) atoms. The minimum Gasteiger partial charge on any atom is -0.337 e. The van der Waals surface area contributed by atoms with Crippen LogP contribution in [-0.4, -0.2) is 6.61 Å². The predicted octanol–water partition coefficient (Wildman–Crippen LogP) is 6.00. The van der Waals surface area contributed by atoms with Gasteiger partial charge in [0.05, 0.1) is 6.61 Å². The quantitative estimate of drug-likeness (QED) is 0.439. The average Bonchev–Trinajstić information content (AvgIpc) is 2.71. The van der Waals surface area contributed by atoms with Crippen LogP contribution in [0.4, 0.5) is 0 Å². The first-order chi connectivity index (χ1) is 11.4. The van der Waals surface area contributed by atoms with Gasteiger partial charge in [-0.1, -0.05) is 75.8 Å². The zero-order chi connectivity index (χ0) is 15.9. The van der Waals surface area contributed by atoms with E-state index in [1.807, 2.05) is 0 Å². The minimum absolute atomic E-state index is 0.643. The molecule has 1 aliphatic heterocycles. The van der Waals surface area contributed by atoms with Crippen LogP contribution in [0.3, 0.4) is 0 Å². The van der Waals surface area contributed by atoms with Crippen molar-refractivity contribution >= 4 is 10.8 Å². The lowest BCUT2D eigenvalue weighted by Crippen LogP contribution is -1.98. The van der Waals surface area contributed by atoms with Crippen molar-refractivity contribution in [2.75, 3.05) is 6.61 Å². The summed E-state index contributed by atoms with van der Waals surface area (Å²) in [6.07, 6.45) is 11.4. The number of benzene rings is 2. The van der Waals surface area contributed by atoms with Gasteiger partial charge in [0.25, 0.3) is 0 Å². The molecule has 1 heterocycles. The molecule has 2 nitrogen and oxygen atoms in total. The maximum atomic E-state index is 5.66. The highest BCUT2D eigenvalue weighted by Gasteiger charge is 2.18.